The van der Waals surface area contributed by atoms with E-state index in [1.807, 2.05) is 29.2 Å². The number of benzene rings is 2. The molecule has 1 fully saturated rings. The fourth-order valence-electron chi connectivity index (χ4n) is 5.02. The van der Waals surface area contributed by atoms with Crippen molar-refractivity contribution in [1.29, 1.82) is 0 Å². The average molecular weight is 447 g/mol. The van der Waals surface area contributed by atoms with Crippen molar-refractivity contribution in [2.45, 2.75) is 44.8 Å². The van der Waals surface area contributed by atoms with E-state index >= 15 is 0 Å². The highest BCUT2D eigenvalue weighted by Crippen LogP contribution is 2.29. The molecule has 2 aliphatic rings. The summed E-state index contributed by atoms with van der Waals surface area (Å²) in [4.78, 5) is 54.7. The third kappa shape index (κ3) is 4.20. The maximum atomic E-state index is 12.6. The molecule has 8 nitrogen and oxygen atoms in total. The molecule has 0 radical (unpaired) electrons. The SMILES string of the molecule is O=C(Cn1c(=O)[nH]c2ccccc2c1=O)NC1CCC(CN2Cc3ccccc3C2=O)CC1. The van der Waals surface area contributed by atoms with Crippen LogP contribution in [0.25, 0.3) is 10.9 Å². The minimum absolute atomic E-state index is 0.00969. The molecule has 2 N–H and O–H groups in total. The molecule has 5 rings (SSSR count). The fraction of sp³-hybridized carbons (Fsp3) is 0.360. The smallest absolute Gasteiger partial charge is 0.329 e. The number of carbonyl (C=O) groups is 2. The van der Waals surface area contributed by atoms with Crippen LogP contribution in [0, 0.1) is 5.92 Å². The van der Waals surface area contributed by atoms with Gasteiger partial charge in [-0.2, -0.15) is 0 Å². The van der Waals surface area contributed by atoms with E-state index in [1.165, 1.54) is 0 Å². The first kappa shape index (κ1) is 21.2. The second-order valence-corrected chi connectivity index (χ2v) is 9.00. The average Bonchev–Trinajstić information content (AvgIpc) is 3.13. The molecule has 0 saturated heterocycles. The number of aromatic nitrogens is 2. The standard InChI is InChI=1S/C25H26N4O4/c30-22(15-29-24(32)20-7-3-4-8-21(20)27-25(29)33)26-18-11-9-16(10-12-18)13-28-14-17-5-1-2-6-19(17)23(28)31/h1-8,16,18H,9-15H2,(H,26,30)(H,27,33). The van der Waals surface area contributed by atoms with E-state index in [-0.39, 0.29) is 24.4 Å². The number of aromatic amines is 1. The minimum atomic E-state index is -0.589. The molecule has 1 aliphatic carbocycles. The first-order valence-corrected chi connectivity index (χ1v) is 11.4. The van der Waals surface area contributed by atoms with E-state index in [9.17, 15) is 19.2 Å². The number of carbonyl (C=O) groups excluding carboxylic acids is 2. The Balaban J connectivity index is 1.15. The lowest BCUT2D eigenvalue weighted by molar-refractivity contribution is -0.122. The second-order valence-electron chi connectivity index (χ2n) is 9.00. The van der Waals surface area contributed by atoms with Crippen LogP contribution in [0.1, 0.15) is 41.6 Å². The quantitative estimate of drug-likeness (QED) is 0.626. The molecule has 0 atom stereocenters. The summed E-state index contributed by atoms with van der Waals surface area (Å²) in [6, 6.07) is 14.5. The van der Waals surface area contributed by atoms with Gasteiger partial charge in [0.05, 0.1) is 10.9 Å². The molecule has 2 heterocycles. The molecule has 1 aromatic heterocycles. The largest absolute Gasteiger partial charge is 0.352 e. The Morgan fingerprint density at radius 2 is 1.70 bits per heavy atom. The highest BCUT2D eigenvalue weighted by molar-refractivity contribution is 5.98. The normalized spacial score (nSPS) is 20.1. The number of fused-ring (bicyclic) bond motifs is 2. The number of para-hydroxylation sites is 1. The summed E-state index contributed by atoms with van der Waals surface area (Å²) in [5.41, 5.74) is 1.29. The second kappa shape index (κ2) is 8.69. The lowest BCUT2D eigenvalue weighted by Gasteiger charge is -2.31. The third-order valence-electron chi connectivity index (χ3n) is 6.78. The summed E-state index contributed by atoms with van der Waals surface area (Å²) >= 11 is 0. The number of amides is 2. The molecule has 3 aromatic rings. The lowest BCUT2D eigenvalue weighted by atomic mass is 9.85. The number of hydrogen-bond acceptors (Lipinski definition) is 4. The highest BCUT2D eigenvalue weighted by Gasteiger charge is 2.30. The fourth-order valence-corrected chi connectivity index (χ4v) is 5.02. The van der Waals surface area contributed by atoms with Crippen molar-refractivity contribution in [2.24, 2.45) is 5.92 Å². The van der Waals surface area contributed by atoms with Gasteiger partial charge in [0, 0.05) is 24.7 Å². The van der Waals surface area contributed by atoms with Crippen molar-refractivity contribution in [3.8, 4) is 0 Å². The Morgan fingerprint density at radius 3 is 2.48 bits per heavy atom. The number of rotatable bonds is 5. The summed E-state index contributed by atoms with van der Waals surface area (Å²) in [5, 5.41) is 3.35. The Hall–Kier alpha value is -3.68. The maximum Gasteiger partial charge on any atom is 0.329 e. The van der Waals surface area contributed by atoms with Gasteiger partial charge in [0.2, 0.25) is 5.91 Å². The van der Waals surface area contributed by atoms with Crippen molar-refractivity contribution in [2.75, 3.05) is 6.54 Å². The van der Waals surface area contributed by atoms with Crippen molar-refractivity contribution in [1.82, 2.24) is 19.8 Å². The van der Waals surface area contributed by atoms with E-state index in [1.54, 1.807) is 24.3 Å². The zero-order valence-corrected chi connectivity index (χ0v) is 18.3. The van der Waals surface area contributed by atoms with E-state index in [2.05, 4.69) is 10.3 Å². The van der Waals surface area contributed by atoms with E-state index < -0.39 is 11.2 Å². The van der Waals surface area contributed by atoms with Gasteiger partial charge in [-0.15, -0.1) is 0 Å². The lowest BCUT2D eigenvalue weighted by Crippen LogP contribution is -2.45. The number of hydrogen-bond donors (Lipinski definition) is 2. The van der Waals surface area contributed by atoms with Crippen LogP contribution >= 0.6 is 0 Å². The van der Waals surface area contributed by atoms with E-state index in [4.69, 9.17) is 0 Å². The minimum Gasteiger partial charge on any atom is -0.352 e. The van der Waals surface area contributed by atoms with Gasteiger partial charge >= 0.3 is 5.69 Å². The summed E-state index contributed by atoms with van der Waals surface area (Å²) in [6.45, 7) is 1.09. The van der Waals surface area contributed by atoms with Gasteiger partial charge in [0.25, 0.3) is 11.5 Å². The van der Waals surface area contributed by atoms with Gasteiger partial charge in [0.1, 0.15) is 6.54 Å². The number of nitrogens with one attached hydrogen (secondary N) is 2. The molecule has 0 bridgehead atoms. The number of nitrogens with zero attached hydrogens (tertiary/aromatic N) is 2. The molecule has 8 heteroatoms. The van der Waals surface area contributed by atoms with Crippen LogP contribution < -0.4 is 16.6 Å². The molecule has 2 aromatic carbocycles. The first-order valence-electron chi connectivity index (χ1n) is 11.4. The van der Waals surface area contributed by atoms with Gasteiger partial charge in [0.15, 0.2) is 0 Å². The molecule has 1 saturated carbocycles. The highest BCUT2D eigenvalue weighted by atomic mass is 16.2. The van der Waals surface area contributed by atoms with Crippen molar-refractivity contribution in [3.05, 3.63) is 80.5 Å². The summed E-state index contributed by atoms with van der Waals surface area (Å²) in [5.74, 6) is 0.168. The van der Waals surface area contributed by atoms with Crippen molar-refractivity contribution >= 4 is 22.7 Å². The zero-order valence-electron chi connectivity index (χ0n) is 18.3. The van der Waals surface area contributed by atoms with Gasteiger partial charge in [-0.25, -0.2) is 4.79 Å². The summed E-state index contributed by atoms with van der Waals surface area (Å²) < 4.78 is 0.944. The van der Waals surface area contributed by atoms with Crippen LogP contribution in [0.5, 0.6) is 0 Å². The number of H-pyrrole nitrogens is 1. The predicted molar refractivity (Wildman–Crippen MR) is 124 cm³/mol. The van der Waals surface area contributed by atoms with Crippen LogP contribution in [0.3, 0.4) is 0 Å². The molecule has 2 amide bonds. The van der Waals surface area contributed by atoms with Gasteiger partial charge < -0.3 is 15.2 Å². The molecular weight excluding hydrogens is 420 g/mol. The van der Waals surface area contributed by atoms with E-state index in [0.29, 0.717) is 23.4 Å². The van der Waals surface area contributed by atoms with Crippen LogP contribution in [0.2, 0.25) is 0 Å². The zero-order chi connectivity index (χ0) is 22.9. The Bertz CT molecular complexity index is 1330. The summed E-state index contributed by atoms with van der Waals surface area (Å²) in [6.07, 6.45) is 3.46. The predicted octanol–water partition coefficient (Wildman–Crippen LogP) is 2.02. The first-order chi connectivity index (χ1) is 16.0. The molecule has 0 spiro atoms. The van der Waals surface area contributed by atoms with Crippen LogP contribution in [-0.2, 0) is 17.9 Å². The monoisotopic (exact) mass is 446 g/mol. The molecule has 33 heavy (non-hydrogen) atoms. The molecule has 0 unspecified atom stereocenters. The van der Waals surface area contributed by atoms with Crippen molar-refractivity contribution < 1.29 is 9.59 Å². The van der Waals surface area contributed by atoms with E-state index in [0.717, 1.165) is 47.9 Å². The summed E-state index contributed by atoms with van der Waals surface area (Å²) in [7, 11) is 0. The molecule has 170 valence electrons. The van der Waals surface area contributed by atoms with Crippen molar-refractivity contribution in [3.63, 3.8) is 0 Å². The van der Waals surface area contributed by atoms with Crippen LogP contribution in [-0.4, -0.2) is 38.9 Å². The maximum absolute atomic E-state index is 12.6. The topological polar surface area (TPSA) is 104 Å². The third-order valence-corrected chi connectivity index (χ3v) is 6.78. The van der Waals surface area contributed by atoms with Crippen LogP contribution in [0.15, 0.2) is 58.1 Å². The Kier molecular flexibility index (Phi) is 5.58. The Morgan fingerprint density at radius 1 is 0.970 bits per heavy atom. The Labute approximate surface area is 190 Å². The van der Waals surface area contributed by atoms with Gasteiger partial charge in [-0.05, 0) is 55.4 Å². The molecular formula is C25H26N4O4. The molecule has 1 aliphatic heterocycles. The van der Waals surface area contributed by atoms with Gasteiger partial charge in [-0.1, -0.05) is 30.3 Å². The van der Waals surface area contributed by atoms with Crippen LogP contribution in [0.4, 0.5) is 0 Å². The van der Waals surface area contributed by atoms with Gasteiger partial charge in [-0.3, -0.25) is 19.0 Å².